The van der Waals surface area contributed by atoms with E-state index in [4.69, 9.17) is 49.7 Å². The number of aromatic nitrogens is 12. The minimum absolute atomic E-state index is 0. The van der Waals surface area contributed by atoms with Gasteiger partial charge in [0, 0.05) is 121 Å². The van der Waals surface area contributed by atoms with Gasteiger partial charge >= 0.3 is 138 Å². The number of pyridine rings is 2. The van der Waals surface area contributed by atoms with Gasteiger partial charge in [0.05, 0.1) is 78.3 Å². The molecule has 4 aliphatic heterocycles. The van der Waals surface area contributed by atoms with Crippen LogP contribution in [-0.4, -0.2) is 174 Å². The number of carbonyl (C=O) groups excluding carboxylic acids is 1. The van der Waals surface area contributed by atoms with Crippen molar-refractivity contribution < 1.29 is 172 Å². The summed E-state index contributed by atoms with van der Waals surface area (Å²) in [5, 5.41) is 20.2. The molecule has 89 heavy (non-hydrogen) atoms. The summed E-state index contributed by atoms with van der Waals surface area (Å²) < 4.78 is 44.5. The van der Waals surface area contributed by atoms with E-state index in [1.54, 1.807) is 42.7 Å². The molecule has 2 unspecified atom stereocenters. The van der Waals surface area contributed by atoms with E-state index in [0.717, 1.165) is 132 Å². The van der Waals surface area contributed by atoms with Crippen molar-refractivity contribution in [3.05, 3.63) is 114 Å². The van der Waals surface area contributed by atoms with Crippen molar-refractivity contribution >= 4 is 50.2 Å². The van der Waals surface area contributed by atoms with Gasteiger partial charge in [-0.25, -0.2) is 42.3 Å². The van der Waals surface area contributed by atoms with Crippen LogP contribution in [0.2, 0.25) is 0 Å². The van der Waals surface area contributed by atoms with E-state index in [2.05, 4.69) is 109 Å². The molecular formula is C63H80Cs2N16O7S. The smallest absolute Gasteiger partial charge is 1.00 e. The predicted octanol–water partition coefficient (Wildman–Crippen LogP) is 2.19. The summed E-state index contributed by atoms with van der Waals surface area (Å²) in [6.45, 7) is 29.4. The Morgan fingerprint density at radius 2 is 1.18 bits per heavy atom. The van der Waals surface area contributed by atoms with Crippen LogP contribution in [-0.2, 0) is 29.2 Å². The number of H-pyrrole nitrogens is 1. The Labute approximate surface area is 640 Å². The van der Waals surface area contributed by atoms with Crippen LogP contribution < -0.4 is 153 Å². The summed E-state index contributed by atoms with van der Waals surface area (Å²) in [7, 11) is -3.87. The first-order valence-electron chi connectivity index (χ1n) is 29.6. The Hall–Kier alpha value is -3.90. The first kappa shape index (κ1) is 71.0. The van der Waals surface area contributed by atoms with Gasteiger partial charge in [0.25, 0.3) is 16.5 Å². The van der Waals surface area contributed by atoms with Crippen LogP contribution in [0.5, 0.6) is 0 Å². The molecule has 9 aromatic rings. The number of fused-ring (bicyclic) bond motifs is 2. The number of rotatable bonds is 13. The van der Waals surface area contributed by atoms with E-state index in [0.29, 0.717) is 73.3 Å². The largest absolute Gasteiger partial charge is 1.00 e. The molecule has 8 aromatic heterocycles. The van der Waals surface area contributed by atoms with Crippen LogP contribution in [0, 0.1) is 34.6 Å². The predicted molar refractivity (Wildman–Crippen MR) is 335 cm³/mol. The molecule has 462 valence electrons. The monoisotopic (exact) mass is 1470 g/mol. The zero-order valence-electron chi connectivity index (χ0n) is 53.3. The van der Waals surface area contributed by atoms with Crippen LogP contribution >= 0.6 is 0 Å². The van der Waals surface area contributed by atoms with Crippen LogP contribution in [0.1, 0.15) is 89.8 Å². The number of benzene rings is 1. The van der Waals surface area contributed by atoms with Gasteiger partial charge < -0.3 is 45.6 Å². The summed E-state index contributed by atoms with van der Waals surface area (Å²) in [5.74, 6) is 2.94. The molecular weight excluding hydrogens is 1390 g/mol. The van der Waals surface area contributed by atoms with Gasteiger partial charge in [-0.1, -0.05) is 39.0 Å². The second-order valence-electron chi connectivity index (χ2n) is 22.6. The third kappa shape index (κ3) is 15.0. The Balaban J connectivity index is 0.000000237. The number of aryl methyl sites for hydroxylation is 3. The topological polar surface area (TPSA) is 249 Å². The molecule has 1 aromatic carbocycles. The molecule has 23 nitrogen and oxygen atoms in total. The van der Waals surface area contributed by atoms with Gasteiger partial charge in [-0.3, -0.25) is 14.2 Å². The van der Waals surface area contributed by atoms with Crippen molar-refractivity contribution in [3.63, 3.8) is 0 Å². The van der Waals surface area contributed by atoms with Crippen molar-refractivity contribution in [2.24, 2.45) is 0 Å². The maximum Gasteiger partial charge on any atom is 1.00 e. The number of hydrogen-bond acceptors (Lipinski definition) is 19. The SMILES string of the molecule is C.CCN1CCC(n2nc(C)c(-c3cc(N4CCOC[C@H]4C)nc(-c4ccnc5[nH]ccc45)n3)c2C)C1.CCN1CCC(n2nc(C)c(-c3cc(N4CCOC[C@H]4C)nc(-c4ccnc5c4ccn5S(=O)(=O)c4ccc(C)cc4)n3)c2C)C1.O=CO[O-].[Cs+].[Cs+].[H-]. The van der Waals surface area contributed by atoms with Crippen molar-refractivity contribution in [1.29, 1.82) is 0 Å². The van der Waals surface area contributed by atoms with Crippen LogP contribution in [0.3, 0.4) is 0 Å². The van der Waals surface area contributed by atoms with E-state index in [9.17, 15) is 8.42 Å². The Morgan fingerprint density at radius 1 is 0.685 bits per heavy atom. The number of hydrogen-bond donors (Lipinski definition) is 1. The molecule has 4 saturated heterocycles. The molecule has 0 saturated carbocycles. The summed E-state index contributed by atoms with van der Waals surface area (Å²) in [6.07, 6.45) is 9.11. The van der Waals surface area contributed by atoms with Gasteiger partial charge in [-0.15, -0.1) is 0 Å². The number of nitrogens with zero attached hydrogens (tertiary/aromatic N) is 15. The van der Waals surface area contributed by atoms with Crippen molar-refractivity contribution in [2.45, 2.75) is 112 Å². The fourth-order valence-electron chi connectivity index (χ4n) is 12.6. The van der Waals surface area contributed by atoms with Gasteiger partial charge in [0.15, 0.2) is 17.3 Å². The van der Waals surface area contributed by atoms with Gasteiger partial charge in [-0.05, 0) is 111 Å². The summed E-state index contributed by atoms with van der Waals surface area (Å²) in [6, 6.07) is 19.8. The molecule has 12 heterocycles. The van der Waals surface area contributed by atoms with Crippen molar-refractivity contribution in [2.75, 3.05) is 88.6 Å². The Bertz CT molecular complexity index is 4010. The van der Waals surface area contributed by atoms with Crippen molar-refractivity contribution in [1.82, 2.24) is 68.2 Å². The molecule has 26 heteroatoms. The van der Waals surface area contributed by atoms with Gasteiger partial charge in [-0.2, -0.15) is 10.2 Å². The third-order valence-corrected chi connectivity index (χ3v) is 18.8. The Morgan fingerprint density at radius 3 is 1.65 bits per heavy atom. The van der Waals surface area contributed by atoms with E-state index in [1.165, 1.54) is 9.67 Å². The number of anilines is 2. The number of aromatic amines is 1. The van der Waals surface area contributed by atoms with Gasteiger partial charge in [0.1, 0.15) is 17.3 Å². The number of likely N-dealkylation sites (tertiary alicyclic amines) is 2. The third-order valence-electron chi connectivity index (χ3n) is 17.1. The van der Waals surface area contributed by atoms with Crippen LogP contribution in [0.25, 0.3) is 67.4 Å². The first-order chi connectivity index (χ1) is 41.6. The molecule has 1 N–H and O–H groups in total. The van der Waals surface area contributed by atoms with E-state index < -0.39 is 10.0 Å². The standard InChI is InChI=1S/C34H40N8O3S.C27H34N8O.CH2O3.CH4.2Cs.H/c1-6-39-15-12-26(20-39)42-25(5)32(24(4)38-42)30-19-31(40-17-18-45-21-23(40)3)37-33(36-30)28-11-14-35-34-29(28)13-16-41(34)46(43,44)27-9-7-22(2)8-10-27;1-5-33-11-8-20(15-33)35-19(4)25(18(3)32-35)23-14-24(34-12-13-36-16-17(34)2)31-27(30-23)22-7-10-29-26-21(22)6-9-28-26;2-1-4-3;;;;/h7-11,13-14,16,19,23,26H,6,12,15,17-18,20-21H2,1-5H3;6-7,9-10,14,17,20H,5,8,11-13,15-16H2,1-4H3,(H,28,29);1,3H;1H4;;;/q;;;;2*+1;-1/p-1/t23-,26?;17-,20?;;;;;/m11...../s1. The van der Waals surface area contributed by atoms with E-state index >= 15 is 0 Å². The Kier molecular flexibility index (Phi) is 25.0. The fourth-order valence-corrected chi connectivity index (χ4v) is 13.9. The quantitative estimate of drug-likeness (QED) is 0.0987. The molecule has 0 radical (unpaired) electrons. The molecule has 4 atom stereocenters. The van der Waals surface area contributed by atoms with Crippen LogP contribution in [0.15, 0.2) is 90.3 Å². The zero-order chi connectivity index (χ0) is 60.4. The maximum atomic E-state index is 13.7. The van der Waals surface area contributed by atoms with Crippen molar-refractivity contribution in [3.8, 4) is 45.3 Å². The molecule has 0 amide bonds. The molecule has 0 bridgehead atoms. The first-order valence-corrected chi connectivity index (χ1v) is 31.0. The maximum absolute atomic E-state index is 13.7. The number of ether oxygens (including phenoxy) is 2. The fraction of sp³-hybridized carbons (Fsp3) is 0.444. The summed E-state index contributed by atoms with van der Waals surface area (Å²) in [5.41, 5.74) is 11.8. The number of morpholine rings is 2. The summed E-state index contributed by atoms with van der Waals surface area (Å²) >= 11 is 0. The minimum atomic E-state index is -3.87. The average molecular weight is 1470 g/mol. The van der Waals surface area contributed by atoms with E-state index in [1.807, 2.05) is 44.4 Å². The molecule has 0 spiro atoms. The molecule has 4 fully saturated rings. The minimum Gasteiger partial charge on any atom is -1.00 e. The molecule has 13 rings (SSSR count). The molecule has 0 aliphatic carbocycles. The van der Waals surface area contributed by atoms with Crippen LogP contribution in [0.4, 0.5) is 11.6 Å². The normalized spacial score (nSPS) is 18.8. The number of carbonyl (C=O) groups is 1. The summed E-state index contributed by atoms with van der Waals surface area (Å²) in [4.78, 5) is 53.7. The number of likely N-dealkylation sites (N-methyl/N-ethyl adjacent to an activating group) is 2. The average Bonchev–Trinajstić information content (AvgIpc) is 1.81. The number of nitrogens with one attached hydrogen (secondary N) is 1. The second kappa shape index (κ2) is 31.4. The van der Waals surface area contributed by atoms with Gasteiger partial charge in [0.2, 0.25) is 0 Å². The molecule has 4 aliphatic rings. The zero-order valence-corrected chi connectivity index (χ0v) is 65.7. The van der Waals surface area contributed by atoms with E-state index in [-0.39, 0.29) is 170 Å². The second-order valence-corrected chi connectivity index (χ2v) is 24.4.